The van der Waals surface area contributed by atoms with Gasteiger partial charge >= 0.3 is 0 Å². The van der Waals surface area contributed by atoms with Crippen molar-refractivity contribution in [3.8, 4) is 0 Å². The zero-order chi connectivity index (χ0) is 12.3. The second kappa shape index (κ2) is 5.68. The average molecular weight is 240 g/mol. The average Bonchev–Trinajstić information content (AvgIpc) is 2.59. The van der Waals surface area contributed by atoms with Crippen LogP contribution in [0.2, 0.25) is 0 Å². The van der Waals surface area contributed by atoms with Gasteiger partial charge in [0.1, 0.15) is 0 Å². The van der Waals surface area contributed by atoms with Crippen LogP contribution >= 0.6 is 0 Å². The largest absolute Gasteiger partial charge is 0.371 e. The standard InChI is InChI=1S/C14H28N2O/c1-4-5-12-10-16(9-8-15-12)11-13-6-7-14(2,3)17-13/h12-13,15H,4-11H2,1-3H3. The Bertz CT molecular complexity index is 240. The van der Waals surface area contributed by atoms with Gasteiger partial charge in [0.05, 0.1) is 11.7 Å². The van der Waals surface area contributed by atoms with Gasteiger partial charge < -0.3 is 10.1 Å². The molecule has 0 aromatic heterocycles. The van der Waals surface area contributed by atoms with Gasteiger partial charge in [-0.3, -0.25) is 4.90 Å². The summed E-state index contributed by atoms with van der Waals surface area (Å²) >= 11 is 0. The number of nitrogens with one attached hydrogen (secondary N) is 1. The summed E-state index contributed by atoms with van der Waals surface area (Å²) in [6.07, 6.45) is 5.48. The molecular weight excluding hydrogens is 212 g/mol. The van der Waals surface area contributed by atoms with Crippen molar-refractivity contribution in [2.45, 2.75) is 64.2 Å². The number of piperazine rings is 1. The summed E-state index contributed by atoms with van der Waals surface area (Å²) in [5, 5.41) is 3.61. The molecule has 2 unspecified atom stereocenters. The van der Waals surface area contributed by atoms with E-state index in [0.29, 0.717) is 12.1 Å². The van der Waals surface area contributed by atoms with E-state index in [-0.39, 0.29) is 5.60 Å². The predicted octanol–water partition coefficient (Wildman–Crippen LogP) is 2.02. The van der Waals surface area contributed by atoms with Crippen LogP contribution in [0.5, 0.6) is 0 Å². The van der Waals surface area contributed by atoms with E-state index in [1.165, 1.54) is 38.8 Å². The monoisotopic (exact) mass is 240 g/mol. The van der Waals surface area contributed by atoms with Crippen LogP contribution in [0.15, 0.2) is 0 Å². The fourth-order valence-electron chi connectivity index (χ4n) is 3.10. The molecule has 17 heavy (non-hydrogen) atoms. The summed E-state index contributed by atoms with van der Waals surface area (Å²) in [6, 6.07) is 0.697. The third kappa shape index (κ3) is 3.94. The van der Waals surface area contributed by atoms with E-state index < -0.39 is 0 Å². The molecule has 3 heteroatoms. The van der Waals surface area contributed by atoms with E-state index in [9.17, 15) is 0 Å². The first kappa shape index (κ1) is 13.3. The van der Waals surface area contributed by atoms with Crippen LogP contribution in [0, 0.1) is 0 Å². The van der Waals surface area contributed by atoms with Gasteiger partial charge in [-0.2, -0.15) is 0 Å². The van der Waals surface area contributed by atoms with Gasteiger partial charge in [-0.05, 0) is 33.1 Å². The first-order valence-electron chi connectivity index (χ1n) is 7.22. The molecule has 2 aliphatic rings. The Morgan fingerprint density at radius 3 is 2.88 bits per heavy atom. The molecule has 0 aliphatic carbocycles. The summed E-state index contributed by atoms with van der Waals surface area (Å²) in [7, 11) is 0. The van der Waals surface area contributed by atoms with Gasteiger partial charge in [0, 0.05) is 32.2 Å². The fourth-order valence-corrected chi connectivity index (χ4v) is 3.10. The minimum Gasteiger partial charge on any atom is -0.371 e. The van der Waals surface area contributed by atoms with Crippen molar-refractivity contribution in [1.82, 2.24) is 10.2 Å². The van der Waals surface area contributed by atoms with E-state index in [1.807, 2.05) is 0 Å². The lowest BCUT2D eigenvalue weighted by atomic mass is 10.0. The SMILES string of the molecule is CCCC1CN(CC2CCC(C)(C)O2)CCN1. The van der Waals surface area contributed by atoms with Crippen molar-refractivity contribution >= 4 is 0 Å². The highest BCUT2D eigenvalue weighted by Crippen LogP contribution is 2.29. The fraction of sp³-hybridized carbons (Fsp3) is 1.00. The molecule has 0 amide bonds. The molecular formula is C14H28N2O. The van der Waals surface area contributed by atoms with Gasteiger partial charge in [-0.1, -0.05) is 13.3 Å². The zero-order valence-corrected chi connectivity index (χ0v) is 11.7. The summed E-state index contributed by atoms with van der Waals surface area (Å²) in [4.78, 5) is 2.59. The first-order chi connectivity index (χ1) is 8.09. The van der Waals surface area contributed by atoms with Crippen LogP contribution in [0.25, 0.3) is 0 Å². The number of nitrogens with zero attached hydrogens (tertiary/aromatic N) is 1. The molecule has 2 saturated heterocycles. The smallest absolute Gasteiger partial charge is 0.0710 e. The maximum absolute atomic E-state index is 6.08. The van der Waals surface area contributed by atoms with Crippen LogP contribution in [0.1, 0.15) is 46.5 Å². The van der Waals surface area contributed by atoms with E-state index in [2.05, 4.69) is 31.0 Å². The molecule has 0 aromatic carbocycles. The number of rotatable bonds is 4. The molecule has 2 aliphatic heterocycles. The highest BCUT2D eigenvalue weighted by Gasteiger charge is 2.33. The molecule has 0 aromatic rings. The van der Waals surface area contributed by atoms with Crippen LogP contribution in [-0.4, -0.2) is 48.8 Å². The van der Waals surface area contributed by atoms with Crippen LogP contribution in [0.3, 0.4) is 0 Å². The summed E-state index contributed by atoms with van der Waals surface area (Å²) < 4.78 is 6.08. The third-order valence-electron chi connectivity index (χ3n) is 3.99. The lowest BCUT2D eigenvalue weighted by Crippen LogP contribution is -2.52. The molecule has 0 saturated carbocycles. The molecule has 2 fully saturated rings. The summed E-state index contributed by atoms with van der Waals surface area (Å²) in [5.41, 5.74) is 0.113. The van der Waals surface area contributed by atoms with Gasteiger partial charge in [-0.15, -0.1) is 0 Å². The lowest BCUT2D eigenvalue weighted by molar-refractivity contribution is -0.0314. The van der Waals surface area contributed by atoms with Gasteiger partial charge in [0.15, 0.2) is 0 Å². The molecule has 0 bridgehead atoms. The topological polar surface area (TPSA) is 24.5 Å². The molecule has 0 radical (unpaired) electrons. The minimum atomic E-state index is 0.113. The van der Waals surface area contributed by atoms with Crippen molar-refractivity contribution in [3.63, 3.8) is 0 Å². The highest BCUT2D eigenvalue weighted by atomic mass is 16.5. The van der Waals surface area contributed by atoms with Crippen LogP contribution < -0.4 is 5.32 Å². The van der Waals surface area contributed by atoms with E-state index in [0.717, 1.165) is 13.1 Å². The van der Waals surface area contributed by atoms with Crippen LogP contribution in [-0.2, 0) is 4.74 Å². The van der Waals surface area contributed by atoms with Crippen molar-refractivity contribution in [1.29, 1.82) is 0 Å². The second-order valence-corrected chi connectivity index (χ2v) is 6.24. The van der Waals surface area contributed by atoms with Crippen molar-refractivity contribution in [2.24, 2.45) is 0 Å². The Morgan fingerprint density at radius 1 is 1.41 bits per heavy atom. The first-order valence-corrected chi connectivity index (χ1v) is 7.22. The van der Waals surface area contributed by atoms with E-state index in [4.69, 9.17) is 4.74 Å². The Morgan fingerprint density at radius 2 is 2.24 bits per heavy atom. The highest BCUT2D eigenvalue weighted by molar-refractivity contribution is 4.85. The quantitative estimate of drug-likeness (QED) is 0.813. The number of hydrogen-bond acceptors (Lipinski definition) is 3. The Kier molecular flexibility index (Phi) is 4.45. The Balaban J connectivity index is 1.75. The van der Waals surface area contributed by atoms with E-state index in [1.54, 1.807) is 0 Å². The Labute approximate surface area is 106 Å². The molecule has 2 atom stereocenters. The van der Waals surface area contributed by atoms with E-state index >= 15 is 0 Å². The third-order valence-corrected chi connectivity index (χ3v) is 3.99. The van der Waals surface area contributed by atoms with Crippen molar-refractivity contribution < 1.29 is 4.74 Å². The Hall–Kier alpha value is -0.120. The summed E-state index contributed by atoms with van der Waals surface area (Å²) in [5.74, 6) is 0. The molecule has 1 N–H and O–H groups in total. The zero-order valence-electron chi connectivity index (χ0n) is 11.7. The molecule has 0 spiro atoms. The maximum atomic E-state index is 6.08. The second-order valence-electron chi connectivity index (χ2n) is 6.24. The van der Waals surface area contributed by atoms with Crippen molar-refractivity contribution in [2.75, 3.05) is 26.2 Å². The molecule has 2 rings (SSSR count). The molecule has 3 nitrogen and oxygen atoms in total. The number of hydrogen-bond donors (Lipinski definition) is 1. The van der Waals surface area contributed by atoms with Gasteiger partial charge in [0.2, 0.25) is 0 Å². The van der Waals surface area contributed by atoms with Gasteiger partial charge in [-0.25, -0.2) is 0 Å². The lowest BCUT2D eigenvalue weighted by Gasteiger charge is -2.35. The molecule has 100 valence electrons. The van der Waals surface area contributed by atoms with Crippen LogP contribution in [0.4, 0.5) is 0 Å². The number of ether oxygens (including phenoxy) is 1. The summed E-state index contributed by atoms with van der Waals surface area (Å²) in [6.45, 7) is 11.3. The van der Waals surface area contributed by atoms with Gasteiger partial charge in [0.25, 0.3) is 0 Å². The minimum absolute atomic E-state index is 0.113. The normalized spacial score (nSPS) is 34.1. The predicted molar refractivity (Wildman–Crippen MR) is 71.3 cm³/mol. The molecule has 2 heterocycles. The van der Waals surface area contributed by atoms with Crippen molar-refractivity contribution in [3.05, 3.63) is 0 Å². The maximum Gasteiger partial charge on any atom is 0.0710 e.